The summed E-state index contributed by atoms with van der Waals surface area (Å²) in [6.45, 7) is 6.40. The molecule has 2 N–H and O–H groups in total. The Bertz CT molecular complexity index is 471. The number of nitrogens with one attached hydrogen (secondary N) is 1. The normalized spacial score (nSPS) is 11.0. The number of carbonyl (C=O) groups excluding carboxylic acids is 1. The van der Waals surface area contributed by atoms with Gasteiger partial charge in [0.05, 0.1) is 11.6 Å². The molecule has 0 saturated heterocycles. The van der Waals surface area contributed by atoms with E-state index in [1.165, 1.54) is 0 Å². The van der Waals surface area contributed by atoms with Crippen molar-refractivity contribution in [2.24, 2.45) is 0 Å². The van der Waals surface area contributed by atoms with E-state index in [0.29, 0.717) is 18.9 Å². The van der Waals surface area contributed by atoms with Crippen molar-refractivity contribution >= 4 is 17.7 Å². The van der Waals surface area contributed by atoms with E-state index >= 15 is 0 Å². The maximum Gasteiger partial charge on any atom is 0.407 e. The highest BCUT2D eigenvalue weighted by atomic mass is 35.5. The van der Waals surface area contributed by atoms with Gasteiger partial charge in [-0.1, -0.05) is 17.7 Å². The fourth-order valence-electron chi connectivity index (χ4n) is 1.53. The molecule has 0 unspecified atom stereocenters. The zero-order chi connectivity index (χ0) is 15.9. The molecule has 0 saturated carbocycles. The number of aromatic hydroxyl groups is 1. The second-order valence-corrected chi connectivity index (χ2v) is 5.98. The highest BCUT2D eigenvalue weighted by molar-refractivity contribution is 6.32. The number of halogens is 1. The van der Waals surface area contributed by atoms with Gasteiger partial charge in [0.25, 0.3) is 0 Å². The molecule has 0 fully saturated rings. The van der Waals surface area contributed by atoms with Gasteiger partial charge in [-0.3, -0.25) is 0 Å². The van der Waals surface area contributed by atoms with Crippen molar-refractivity contribution in [3.63, 3.8) is 0 Å². The summed E-state index contributed by atoms with van der Waals surface area (Å²) in [7, 11) is 0. The van der Waals surface area contributed by atoms with E-state index in [1.807, 2.05) is 20.8 Å². The molecule has 0 aliphatic heterocycles. The van der Waals surface area contributed by atoms with Crippen LogP contribution in [0.3, 0.4) is 0 Å². The van der Waals surface area contributed by atoms with Gasteiger partial charge in [0.2, 0.25) is 0 Å². The summed E-state index contributed by atoms with van der Waals surface area (Å²) in [5.74, 6) is 0.314. The van der Waals surface area contributed by atoms with Crippen LogP contribution in [0.2, 0.25) is 5.02 Å². The van der Waals surface area contributed by atoms with E-state index in [4.69, 9.17) is 21.1 Å². The number of carbonyl (C=O) groups is 1. The van der Waals surface area contributed by atoms with Gasteiger partial charge in [0.15, 0.2) is 11.5 Å². The lowest BCUT2D eigenvalue weighted by Gasteiger charge is -2.19. The molecule has 5 nitrogen and oxygen atoms in total. The molecule has 0 radical (unpaired) electrons. The van der Waals surface area contributed by atoms with Gasteiger partial charge in [0.1, 0.15) is 5.60 Å². The van der Waals surface area contributed by atoms with Crippen LogP contribution in [0.25, 0.3) is 0 Å². The van der Waals surface area contributed by atoms with Crippen molar-refractivity contribution < 1.29 is 19.4 Å². The van der Waals surface area contributed by atoms with Gasteiger partial charge in [-0.05, 0) is 45.7 Å². The third-order valence-corrected chi connectivity index (χ3v) is 2.75. The summed E-state index contributed by atoms with van der Waals surface area (Å²) in [6, 6.07) is 4.95. The number of phenolic OH excluding ortho intramolecular Hbond substituents is 1. The highest BCUT2D eigenvalue weighted by Crippen LogP contribution is 2.33. The Balaban J connectivity index is 2.15. The highest BCUT2D eigenvalue weighted by Gasteiger charge is 2.15. The molecule has 0 bridgehead atoms. The summed E-state index contributed by atoms with van der Waals surface area (Å²) in [5.41, 5.74) is -0.489. The number of para-hydroxylation sites is 1. The van der Waals surface area contributed by atoms with Crippen LogP contribution in [0.1, 0.15) is 33.6 Å². The van der Waals surface area contributed by atoms with Gasteiger partial charge in [-0.15, -0.1) is 0 Å². The molecule has 0 aromatic heterocycles. The molecule has 0 heterocycles. The Hall–Kier alpha value is -1.62. The van der Waals surface area contributed by atoms with E-state index in [0.717, 1.165) is 12.8 Å². The van der Waals surface area contributed by atoms with Crippen LogP contribution in [0.5, 0.6) is 11.5 Å². The quantitative estimate of drug-likeness (QED) is 0.785. The summed E-state index contributed by atoms with van der Waals surface area (Å²) in [6.07, 6.45) is 1.07. The van der Waals surface area contributed by atoms with E-state index in [2.05, 4.69) is 5.32 Å². The van der Waals surface area contributed by atoms with Gasteiger partial charge in [0, 0.05) is 6.54 Å². The molecule has 1 rings (SSSR count). The predicted molar refractivity (Wildman–Crippen MR) is 82.1 cm³/mol. The molecule has 0 aliphatic rings. The van der Waals surface area contributed by atoms with Gasteiger partial charge >= 0.3 is 6.09 Å². The minimum Gasteiger partial charge on any atom is -0.503 e. The van der Waals surface area contributed by atoms with Crippen molar-refractivity contribution in [2.45, 2.75) is 39.2 Å². The molecule has 1 amide bonds. The second-order valence-electron chi connectivity index (χ2n) is 5.57. The summed E-state index contributed by atoms with van der Waals surface area (Å²) >= 11 is 5.77. The first-order valence-electron chi connectivity index (χ1n) is 6.87. The fourth-order valence-corrected chi connectivity index (χ4v) is 1.69. The Morgan fingerprint density at radius 1 is 1.33 bits per heavy atom. The van der Waals surface area contributed by atoms with Gasteiger partial charge in [-0.2, -0.15) is 0 Å². The van der Waals surface area contributed by atoms with Crippen LogP contribution in [-0.4, -0.2) is 30.0 Å². The van der Waals surface area contributed by atoms with Gasteiger partial charge < -0.3 is 19.9 Å². The van der Waals surface area contributed by atoms with Crippen LogP contribution in [0.15, 0.2) is 18.2 Å². The number of ether oxygens (including phenoxy) is 2. The topological polar surface area (TPSA) is 67.8 Å². The number of hydrogen-bond donors (Lipinski definition) is 2. The van der Waals surface area contributed by atoms with E-state index in [1.54, 1.807) is 18.2 Å². The SMILES string of the molecule is CC(C)(C)OC(=O)NCCCCOc1cccc(Cl)c1O. The number of rotatable bonds is 6. The number of phenols is 1. The average Bonchev–Trinajstić information content (AvgIpc) is 2.36. The smallest absolute Gasteiger partial charge is 0.407 e. The van der Waals surface area contributed by atoms with Crippen LogP contribution in [0.4, 0.5) is 4.79 Å². The van der Waals surface area contributed by atoms with Crippen molar-refractivity contribution in [3.05, 3.63) is 23.2 Å². The minimum absolute atomic E-state index is 0.0500. The Kier molecular flexibility index (Phi) is 6.62. The van der Waals surface area contributed by atoms with Crippen molar-refractivity contribution in [2.75, 3.05) is 13.2 Å². The minimum atomic E-state index is -0.489. The van der Waals surface area contributed by atoms with Crippen LogP contribution in [-0.2, 0) is 4.74 Å². The zero-order valence-electron chi connectivity index (χ0n) is 12.6. The third-order valence-electron chi connectivity index (χ3n) is 2.45. The lowest BCUT2D eigenvalue weighted by molar-refractivity contribution is 0.0526. The molecular weight excluding hydrogens is 294 g/mol. The molecule has 1 aromatic carbocycles. The second kappa shape index (κ2) is 7.98. The Morgan fingerprint density at radius 2 is 2.05 bits per heavy atom. The van der Waals surface area contributed by atoms with Crippen molar-refractivity contribution in [1.29, 1.82) is 0 Å². The summed E-state index contributed by atoms with van der Waals surface area (Å²) < 4.78 is 10.5. The summed E-state index contributed by atoms with van der Waals surface area (Å²) in [5, 5.41) is 12.6. The summed E-state index contributed by atoms with van der Waals surface area (Å²) in [4.78, 5) is 11.4. The zero-order valence-corrected chi connectivity index (χ0v) is 13.4. The monoisotopic (exact) mass is 315 g/mol. The predicted octanol–water partition coefficient (Wildman–Crippen LogP) is 3.73. The molecule has 0 spiro atoms. The molecule has 0 aliphatic carbocycles. The first-order chi connectivity index (χ1) is 9.79. The van der Waals surface area contributed by atoms with Crippen LogP contribution in [0, 0.1) is 0 Å². The largest absolute Gasteiger partial charge is 0.503 e. The third kappa shape index (κ3) is 7.09. The first-order valence-corrected chi connectivity index (χ1v) is 7.24. The van der Waals surface area contributed by atoms with Crippen molar-refractivity contribution in [1.82, 2.24) is 5.32 Å². The molecule has 1 aromatic rings. The number of unbranched alkanes of at least 4 members (excludes halogenated alkanes) is 1. The number of alkyl carbamates (subject to hydrolysis) is 1. The fraction of sp³-hybridized carbons (Fsp3) is 0.533. The van der Waals surface area contributed by atoms with Crippen LogP contribution >= 0.6 is 11.6 Å². The molecule has 21 heavy (non-hydrogen) atoms. The molecule has 6 heteroatoms. The molecule has 0 atom stereocenters. The maximum absolute atomic E-state index is 11.4. The Morgan fingerprint density at radius 3 is 2.71 bits per heavy atom. The number of amides is 1. The van der Waals surface area contributed by atoms with E-state index in [9.17, 15) is 9.90 Å². The average molecular weight is 316 g/mol. The van der Waals surface area contributed by atoms with Gasteiger partial charge in [-0.25, -0.2) is 4.79 Å². The number of benzene rings is 1. The molecular formula is C15H22ClNO4. The lowest BCUT2D eigenvalue weighted by atomic mass is 10.2. The standard InChI is InChI=1S/C15H22ClNO4/c1-15(2,3)21-14(19)17-9-4-5-10-20-12-8-6-7-11(16)13(12)18/h6-8,18H,4-5,9-10H2,1-3H3,(H,17,19). The van der Waals surface area contributed by atoms with Crippen LogP contribution < -0.4 is 10.1 Å². The van der Waals surface area contributed by atoms with Crippen molar-refractivity contribution in [3.8, 4) is 11.5 Å². The van der Waals surface area contributed by atoms with E-state index in [-0.39, 0.29) is 10.8 Å². The first kappa shape index (κ1) is 17.4. The molecule has 118 valence electrons. The Labute approximate surface area is 130 Å². The maximum atomic E-state index is 11.4. The lowest BCUT2D eigenvalue weighted by Crippen LogP contribution is -2.33. The van der Waals surface area contributed by atoms with E-state index < -0.39 is 11.7 Å². The number of hydrogen-bond acceptors (Lipinski definition) is 4.